The van der Waals surface area contributed by atoms with Crippen molar-refractivity contribution >= 4 is 32.9 Å². The summed E-state index contributed by atoms with van der Waals surface area (Å²) in [5.74, 6) is 0. The molecule has 12 heteroatoms. The minimum Gasteiger partial charge on any atom is -0.741 e. The molecular weight excluding hydrogens is 549 g/mol. The van der Waals surface area contributed by atoms with Gasteiger partial charge >= 0.3 is 22.6 Å². The van der Waals surface area contributed by atoms with E-state index in [1.807, 2.05) is 36.4 Å². The fraction of sp³-hybridized carbons (Fsp3) is 0.440. The third-order valence-corrected chi connectivity index (χ3v) is 5.60. The second kappa shape index (κ2) is 17.2. The van der Waals surface area contributed by atoms with Gasteiger partial charge in [-0.05, 0) is 22.7 Å². The van der Waals surface area contributed by atoms with Crippen molar-refractivity contribution in [2.45, 2.75) is 44.0 Å². The molecule has 0 atom stereocenters. The number of hydrogen-bond donors (Lipinski definition) is 0. The third kappa shape index (κ3) is 13.1. The number of rotatable bonds is 0. The average Bonchev–Trinajstić information content (AvgIpc) is 3.17. The van der Waals surface area contributed by atoms with E-state index >= 15 is 0 Å². The predicted octanol–water partition coefficient (Wildman–Crippen LogP) is 8.37. The zero-order valence-electron chi connectivity index (χ0n) is 20.3. The first kappa shape index (κ1) is 32.6. The first-order valence-electron chi connectivity index (χ1n) is 11.8. The molecule has 0 aliphatic carbocycles. The van der Waals surface area contributed by atoms with Crippen molar-refractivity contribution in [2.24, 2.45) is 0 Å². The number of halogens is 3. The Bertz CT molecular complexity index is 939. The van der Waals surface area contributed by atoms with Crippen LogP contribution in [0.2, 0.25) is 0 Å². The SMILES string of the molecule is O=S(=O)([O-])C(F)(F)F.[Fe+3].c1ccc2[c+](cc1)[N-]CCCCC[N-][c+]1cccccc1[N-]CCCCC[N-]2. The van der Waals surface area contributed by atoms with Crippen LogP contribution in [0.15, 0.2) is 60.7 Å². The minimum atomic E-state index is -6.09. The first-order chi connectivity index (χ1) is 17.2. The van der Waals surface area contributed by atoms with Crippen LogP contribution in [0.1, 0.15) is 38.5 Å². The fourth-order valence-electron chi connectivity index (χ4n) is 3.19. The minimum absolute atomic E-state index is 0. The molecule has 0 saturated carbocycles. The van der Waals surface area contributed by atoms with Crippen molar-refractivity contribution in [3.8, 4) is 0 Å². The molecular formula is C25H30F3FeN4O3S. The van der Waals surface area contributed by atoms with E-state index in [4.69, 9.17) is 34.2 Å². The van der Waals surface area contributed by atoms with Crippen molar-refractivity contribution in [1.82, 2.24) is 0 Å². The molecule has 2 aromatic rings. The Kier molecular flexibility index (Phi) is 15.1. The van der Waals surface area contributed by atoms with Gasteiger partial charge in [0.1, 0.15) is 0 Å². The summed E-state index contributed by atoms with van der Waals surface area (Å²) in [5, 5.41) is 19.2. The third-order valence-electron chi connectivity index (χ3n) is 5.03. The normalized spacial score (nSPS) is 15.4. The fourth-order valence-corrected chi connectivity index (χ4v) is 3.19. The topological polar surface area (TPSA) is 114 Å². The quantitative estimate of drug-likeness (QED) is 0.135. The molecule has 7 nitrogen and oxygen atoms in total. The zero-order valence-corrected chi connectivity index (χ0v) is 22.2. The van der Waals surface area contributed by atoms with E-state index in [1.165, 1.54) is 0 Å². The molecule has 0 saturated heterocycles. The molecule has 0 amide bonds. The maximum atomic E-state index is 10.7. The van der Waals surface area contributed by atoms with Crippen LogP contribution in [0.5, 0.6) is 0 Å². The molecule has 203 valence electrons. The smallest absolute Gasteiger partial charge is 0.741 e. The summed E-state index contributed by atoms with van der Waals surface area (Å²) in [6, 6.07) is 20.5. The van der Waals surface area contributed by atoms with Crippen LogP contribution < -0.4 is 0 Å². The van der Waals surface area contributed by atoms with Crippen LogP contribution in [-0.4, -0.2) is 44.7 Å². The molecule has 1 radical (unpaired) electrons. The van der Waals surface area contributed by atoms with E-state index in [9.17, 15) is 13.2 Å². The van der Waals surface area contributed by atoms with Crippen molar-refractivity contribution in [3.05, 3.63) is 81.9 Å². The van der Waals surface area contributed by atoms with Gasteiger partial charge in [0, 0.05) is 60.7 Å². The molecule has 0 bridgehead atoms. The van der Waals surface area contributed by atoms with Gasteiger partial charge in [-0.3, -0.25) is 0 Å². The number of alkyl halides is 3. The van der Waals surface area contributed by atoms with E-state index in [0.717, 1.165) is 87.5 Å². The van der Waals surface area contributed by atoms with Crippen LogP contribution in [0.3, 0.4) is 0 Å². The zero-order chi connectivity index (χ0) is 26.3. The van der Waals surface area contributed by atoms with Gasteiger partial charge in [0.15, 0.2) is 10.1 Å². The average molecular weight is 579 g/mol. The standard InChI is InChI=1S/C24H30N4.CHF3O3S.Fe/c1-5-13-21-22(14-6-1)26-18-10-4-12-20-28-24-16-8-2-7-15-23(24)27-19-11-3-9-17-25-21;2-1(3,4)8(5,6)7;/h1-2,5-8,13-16H,3-4,9-12,17-20H2;(H,5,6,7);/q-2;;+3/p-1. The molecule has 1 aliphatic heterocycles. The van der Waals surface area contributed by atoms with Gasteiger partial charge in [0.25, 0.3) is 0 Å². The Hall–Kier alpha value is -2.40. The Balaban J connectivity index is 0.000000661. The first-order valence-corrected chi connectivity index (χ1v) is 13.2. The van der Waals surface area contributed by atoms with E-state index in [-0.39, 0.29) is 17.1 Å². The van der Waals surface area contributed by atoms with E-state index in [0.29, 0.717) is 0 Å². The van der Waals surface area contributed by atoms with Gasteiger partial charge in [0.2, 0.25) is 0 Å². The number of hydrogen-bond acceptors (Lipinski definition) is 3. The summed E-state index contributed by atoms with van der Waals surface area (Å²) in [7, 11) is -6.09. The summed E-state index contributed by atoms with van der Waals surface area (Å²) in [4.78, 5) is 0. The van der Waals surface area contributed by atoms with Gasteiger partial charge in [0.05, 0.1) is 0 Å². The van der Waals surface area contributed by atoms with Crippen LogP contribution in [0.25, 0.3) is 21.3 Å². The summed E-state index contributed by atoms with van der Waals surface area (Å²) >= 11 is 0. The maximum absolute atomic E-state index is 10.7. The van der Waals surface area contributed by atoms with Crippen LogP contribution in [0, 0.1) is 0 Å². The monoisotopic (exact) mass is 579 g/mol. The Morgan fingerprint density at radius 1 is 0.676 bits per heavy atom. The predicted molar refractivity (Wildman–Crippen MR) is 137 cm³/mol. The number of fused-ring (bicyclic) bond motifs is 2. The van der Waals surface area contributed by atoms with Gasteiger partial charge in [-0.15, -0.1) is 26.2 Å². The summed E-state index contributed by atoms with van der Waals surface area (Å²) in [5.41, 5.74) is -1.62. The Morgan fingerprint density at radius 2 is 1.05 bits per heavy atom. The van der Waals surface area contributed by atoms with Crippen molar-refractivity contribution in [2.75, 3.05) is 26.2 Å². The molecule has 0 unspecified atom stereocenters. The van der Waals surface area contributed by atoms with Crippen LogP contribution in [0.4, 0.5) is 35.9 Å². The number of nitrogens with zero attached hydrogens (tertiary/aromatic N) is 4. The second-order valence-electron chi connectivity index (χ2n) is 7.91. The largest absolute Gasteiger partial charge is 3.00 e. The van der Waals surface area contributed by atoms with Gasteiger partial charge in [-0.2, -0.15) is 13.2 Å². The molecule has 0 spiro atoms. The molecule has 37 heavy (non-hydrogen) atoms. The molecule has 3 rings (SSSR count). The maximum Gasteiger partial charge on any atom is 3.00 e. The Labute approximate surface area is 227 Å². The van der Waals surface area contributed by atoms with E-state index in [2.05, 4.69) is 24.3 Å². The summed E-state index contributed by atoms with van der Waals surface area (Å²) < 4.78 is 58.9. The molecule has 0 N–H and O–H groups in total. The molecule has 2 aromatic carbocycles. The van der Waals surface area contributed by atoms with Crippen molar-refractivity contribution < 1.29 is 43.2 Å². The van der Waals surface area contributed by atoms with Crippen LogP contribution in [-0.2, 0) is 27.2 Å². The summed E-state index contributed by atoms with van der Waals surface area (Å²) in [6.07, 6.45) is 6.56. The van der Waals surface area contributed by atoms with Gasteiger partial charge in [-0.25, -0.2) is 8.42 Å². The van der Waals surface area contributed by atoms with E-state index in [1.54, 1.807) is 0 Å². The van der Waals surface area contributed by atoms with Gasteiger partial charge in [-0.1, -0.05) is 38.5 Å². The van der Waals surface area contributed by atoms with Crippen molar-refractivity contribution in [1.29, 1.82) is 0 Å². The summed E-state index contributed by atoms with van der Waals surface area (Å²) in [6.45, 7) is 3.36. The van der Waals surface area contributed by atoms with Crippen LogP contribution >= 0.6 is 0 Å². The molecule has 0 aromatic heterocycles. The molecule has 0 fully saturated rings. The van der Waals surface area contributed by atoms with E-state index < -0.39 is 15.6 Å². The molecule has 1 aliphatic rings. The Morgan fingerprint density at radius 3 is 1.43 bits per heavy atom. The second-order valence-corrected chi connectivity index (χ2v) is 9.28. The molecule has 1 heterocycles. The van der Waals surface area contributed by atoms with Gasteiger partial charge < -0.3 is 25.8 Å². The van der Waals surface area contributed by atoms with Crippen molar-refractivity contribution in [3.63, 3.8) is 0 Å².